The standard InChI is InChI=1S/C17H22N2S/c1-19(11-8-16-3-2-12-20-16)13-17(9-10-17)14-4-6-15(18)7-5-14/h2-7,12H,8-11,13,18H2,1H3. The predicted octanol–water partition coefficient (Wildman–Crippen LogP) is 3.54. The Morgan fingerprint density at radius 2 is 1.95 bits per heavy atom. The maximum Gasteiger partial charge on any atom is 0.0314 e. The molecule has 2 nitrogen and oxygen atoms in total. The van der Waals surface area contributed by atoms with Crippen molar-refractivity contribution < 1.29 is 0 Å². The highest BCUT2D eigenvalue weighted by Gasteiger charge is 2.44. The number of benzene rings is 1. The number of rotatable bonds is 6. The second kappa shape index (κ2) is 5.58. The molecule has 1 aromatic heterocycles. The summed E-state index contributed by atoms with van der Waals surface area (Å²) in [5, 5.41) is 2.16. The van der Waals surface area contributed by atoms with Gasteiger partial charge in [0.05, 0.1) is 0 Å². The third kappa shape index (κ3) is 3.05. The van der Waals surface area contributed by atoms with Crippen molar-refractivity contribution in [3.63, 3.8) is 0 Å². The van der Waals surface area contributed by atoms with Crippen LogP contribution in [0.1, 0.15) is 23.3 Å². The number of nitrogens with two attached hydrogens (primary N) is 1. The lowest BCUT2D eigenvalue weighted by atomic mass is 9.95. The van der Waals surface area contributed by atoms with Gasteiger partial charge in [0.2, 0.25) is 0 Å². The Hall–Kier alpha value is -1.32. The zero-order valence-corrected chi connectivity index (χ0v) is 12.8. The summed E-state index contributed by atoms with van der Waals surface area (Å²) in [7, 11) is 2.24. The maximum atomic E-state index is 5.78. The van der Waals surface area contributed by atoms with Gasteiger partial charge < -0.3 is 10.6 Å². The summed E-state index contributed by atoms with van der Waals surface area (Å²) in [4.78, 5) is 3.96. The molecule has 0 bridgehead atoms. The molecule has 1 aliphatic rings. The average molecular weight is 286 g/mol. The van der Waals surface area contributed by atoms with E-state index in [1.54, 1.807) is 0 Å². The van der Waals surface area contributed by atoms with E-state index in [9.17, 15) is 0 Å². The van der Waals surface area contributed by atoms with E-state index in [1.807, 2.05) is 23.5 Å². The zero-order valence-electron chi connectivity index (χ0n) is 12.0. The zero-order chi connectivity index (χ0) is 14.0. The van der Waals surface area contributed by atoms with Gasteiger partial charge in [-0.3, -0.25) is 0 Å². The molecule has 1 aromatic carbocycles. The lowest BCUT2D eigenvalue weighted by molar-refractivity contribution is 0.306. The molecular formula is C17H22N2S. The second-order valence-electron chi connectivity index (χ2n) is 5.97. The minimum atomic E-state index is 0.387. The molecule has 0 radical (unpaired) electrons. The Morgan fingerprint density at radius 1 is 1.20 bits per heavy atom. The first kappa shape index (κ1) is 13.7. The van der Waals surface area contributed by atoms with E-state index in [-0.39, 0.29) is 0 Å². The largest absolute Gasteiger partial charge is 0.399 e. The van der Waals surface area contributed by atoms with Gasteiger partial charge in [0.15, 0.2) is 0 Å². The molecule has 3 heteroatoms. The topological polar surface area (TPSA) is 29.3 Å². The lowest BCUT2D eigenvalue weighted by Crippen LogP contribution is -2.30. The number of hydrogen-bond donors (Lipinski definition) is 1. The Balaban J connectivity index is 1.57. The van der Waals surface area contributed by atoms with E-state index in [0.29, 0.717) is 5.41 Å². The Labute approximate surface area is 125 Å². The van der Waals surface area contributed by atoms with Gasteiger partial charge in [-0.15, -0.1) is 11.3 Å². The first-order valence-electron chi connectivity index (χ1n) is 7.25. The number of nitrogen functional groups attached to an aromatic ring is 1. The van der Waals surface area contributed by atoms with Crippen LogP contribution in [0.2, 0.25) is 0 Å². The SMILES string of the molecule is CN(CCc1cccs1)CC1(c2ccc(N)cc2)CC1. The van der Waals surface area contributed by atoms with Crippen molar-refractivity contribution in [2.75, 3.05) is 25.9 Å². The third-order valence-electron chi connectivity index (χ3n) is 4.27. The molecule has 0 unspecified atom stereocenters. The molecule has 0 saturated heterocycles. The van der Waals surface area contributed by atoms with E-state index in [4.69, 9.17) is 5.73 Å². The summed E-state index contributed by atoms with van der Waals surface area (Å²) in [6.07, 6.45) is 3.77. The van der Waals surface area contributed by atoms with Crippen molar-refractivity contribution in [3.8, 4) is 0 Å². The molecule has 0 spiro atoms. The molecular weight excluding hydrogens is 264 g/mol. The van der Waals surface area contributed by atoms with E-state index in [2.05, 4.69) is 41.6 Å². The average Bonchev–Trinajstić information content (AvgIpc) is 3.03. The highest BCUT2D eigenvalue weighted by atomic mass is 32.1. The van der Waals surface area contributed by atoms with E-state index in [1.165, 1.54) is 23.3 Å². The second-order valence-corrected chi connectivity index (χ2v) is 7.00. The Kier molecular flexibility index (Phi) is 3.81. The molecule has 1 saturated carbocycles. The van der Waals surface area contributed by atoms with Crippen molar-refractivity contribution in [1.82, 2.24) is 4.90 Å². The number of thiophene rings is 1. The number of hydrogen-bond acceptors (Lipinski definition) is 3. The molecule has 1 aliphatic carbocycles. The molecule has 3 rings (SSSR count). The molecule has 0 atom stereocenters. The van der Waals surface area contributed by atoms with Crippen LogP contribution in [0.25, 0.3) is 0 Å². The van der Waals surface area contributed by atoms with Gasteiger partial charge >= 0.3 is 0 Å². The van der Waals surface area contributed by atoms with Crippen LogP contribution in [0, 0.1) is 0 Å². The minimum absolute atomic E-state index is 0.387. The summed E-state index contributed by atoms with van der Waals surface area (Å²) >= 11 is 1.86. The third-order valence-corrected chi connectivity index (χ3v) is 5.21. The van der Waals surface area contributed by atoms with Crippen LogP contribution in [0.4, 0.5) is 5.69 Å². The number of anilines is 1. The first-order chi connectivity index (χ1) is 9.68. The van der Waals surface area contributed by atoms with Crippen LogP contribution in [0.3, 0.4) is 0 Å². The molecule has 2 aromatic rings. The Bertz CT molecular complexity index is 541. The monoisotopic (exact) mass is 286 g/mol. The van der Waals surface area contributed by atoms with Gasteiger partial charge in [-0.2, -0.15) is 0 Å². The highest BCUT2D eigenvalue weighted by Crippen LogP contribution is 2.48. The quantitative estimate of drug-likeness (QED) is 0.823. The van der Waals surface area contributed by atoms with Gasteiger partial charge in [0, 0.05) is 29.1 Å². The van der Waals surface area contributed by atoms with Gasteiger partial charge in [0.25, 0.3) is 0 Å². The van der Waals surface area contributed by atoms with Gasteiger partial charge in [-0.25, -0.2) is 0 Å². The van der Waals surface area contributed by atoms with Crippen molar-refractivity contribution in [3.05, 3.63) is 52.2 Å². The molecule has 106 valence electrons. The maximum absolute atomic E-state index is 5.78. The van der Waals surface area contributed by atoms with Gasteiger partial charge in [0.1, 0.15) is 0 Å². The van der Waals surface area contributed by atoms with E-state index < -0.39 is 0 Å². The molecule has 1 heterocycles. The van der Waals surface area contributed by atoms with Crippen molar-refractivity contribution in [2.45, 2.75) is 24.7 Å². The summed E-state index contributed by atoms with van der Waals surface area (Å²) in [5.41, 5.74) is 8.48. The number of likely N-dealkylation sites (N-methyl/N-ethyl adjacent to an activating group) is 1. The number of nitrogens with zero attached hydrogens (tertiary/aromatic N) is 1. The van der Waals surface area contributed by atoms with Crippen molar-refractivity contribution in [2.24, 2.45) is 0 Å². The summed E-state index contributed by atoms with van der Waals surface area (Å²) in [6, 6.07) is 12.8. The molecule has 0 aliphatic heterocycles. The van der Waals surface area contributed by atoms with Crippen LogP contribution in [0.15, 0.2) is 41.8 Å². The molecule has 2 N–H and O–H groups in total. The normalized spacial score (nSPS) is 16.5. The summed E-state index contributed by atoms with van der Waals surface area (Å²) in [6.45, 7) is 2.29. The van der Waals surface area contributed by atoms with Gasteiger partial charge in [-0.1, -0.05) is 18.2 Å². The Morgan fingerprint density at radius 3 is 2.55 bits per heavy atom. The van der Waals surface area contributed by atoms with Crippen LogP contribution in [-0.4, -0.2) is 25.0 Å². The fraction of sp³-hybridized carbons (Fsp3) is 0.412. The van der Waals surface area contributed by atoms with Crippen molar-refractivity contribution in [1.29, 1.82) is 0 Å². The van der Waals surface area contributed by atoms with E-state index >= 15 is 0 Å². The summed E-state index contributed by atoms with van der Waals surface area (Å²) < 4.78 is 0. The minimum Gasteiger partial charge on any atom is -0.399 e. The smallest absolute Gasteiger partial charge is 0.0314 e. The first-order valence-corrected chi connectivity index (χ1v) is 8.13. The van der Waals surface area contributed by atoms with Crippen LogP contribution in [-0.2, 0) is 11.8 Å². The highest BCUT2D eigenvalue weighted by molar-refractivity contribution is 7.09. The fourth-order valence-corrected chi connectivity index (χ4v) is 3.58. The molecule has 0 amide bonds. The van der Waals surface area contributed by atoms with Crippen LogP contribution < -0.4 is 5.73 Å². The lowest BCUT2D eigenvalue weighted by Gasteiger charge is -2.24. The van der Waals surface area contributed by atoms with Gasteiger partial charge in [-0.05, 0) is 55.5 Å². The molecule has 1 fully saturated rings. The molecule has 20 heavy (non-hydrogen) atoms. The van der Waals surface area contributed by atoms with Crippen LogP contribution in [0.5, 0.6) is 0 Å². The van der Waals surface area contributed by atoms with E-state index in [0.717, 1.165) is 25.2 Å². The summed E-state index contributed by atoms with van der Waals surface area (Å²) in [5.74, 6) is 0. The van der Waals surface area contributed by atoms with Crippen molar-refractivity contribution >= 4 is 17.0 Å². The van der Waals surface area contributed by atoms with Crippen LogP contribution >= 0.6 is 11.3 Å². The fourth-order valence-electron chi connectivity index (χ4n) is 2.88. The predicted molar refractivity (Wildman–Crippen MR) is 87.3 cm³/mol.